The molecule has 3 aromatic rings. The number of benzene rings is 2. The van der Waals surface area contributed by atoms with Crippen LogP contribution in [0.5, 0.6) is 11.5 Å². The molecular formula is C25H23N11O5. The van der Waals surface area contributed by atoms with Gasteiger partial charge in [-0.1, -0.05) is 12.1 Å². The van der Waals surface area contributed by atoms with Crippen molar-refractivity contribution in [3.05, 3.63) is 83.4 Å². The Morgan fingerprint density at radius 3 is 2.61 bits per heavy atom. The number of nitrogen functional groups attached to an aromatic ring is 1. The highest BCUT2D eigenvalue weighted by molar-refractivity contribution is 6.14. The molecule has 0 saturated heterocycles. The van der Waals surface area contributed by atoms with Crippen LogP contribution in [0, 0.1) is 10.8 Å². The first-order valence-corrected chi connectivity index (χ1v) is 11.9. The highest BCUT2D eigenvalue weighted by Gasteiger charge is 2.34. The van der Waals surface area contributed by atoms with E-state index < -0.39 is 23.8 Å². The number of nitrogens with one attached hydrogen (secondary N) is 6. The predicted octanol–water partition coefficient (Wildman–Crippen LogP) is 0.423. The fourth-order valence-electron chi connectivity index (χ4n) is 3.95. The molecule has 11 N–H and O–H groups in total. The number of aromatic carboxylic acids is 1. The second-order valence-corrected chi connectivity index (χ2v) is 8.63. The van der Waals surface area contributed by atoms with Crippen LogP contribution >= 0.6 is 0 Å². The van der Waals surface area contributed by atoms with Gasteiger partial charge in [0.25, 0.3) is 5.88 Å². The summed E-state index contributed by atoms with van der Waals surface area (Å²) in [6.45, 7) is 0. The minimum atomic E-state index is -1.32. The van der Waals surface area contributed by atoms with Crippen LogP contribution in [-0.4, -0.2) is 56.6 Å². The zero-order valence-corrected chi connectivity index (χ0v) is 21.1. The van der Waals surface area contributed by atoms with Gasteiger partial charge in [0.05, 0.1) is 23.3 Å². The van der Waals surface area contributed by atoms with E-state index in [0.717, 1.165) is 0 Å². The number of hydrogen-bond donors (Lipinski definition) is 9. The molecule has 2 aliphatic heterocycles. The lowest BCUT2D eigenvalue weighted by Crippen LogP contribution is -2.51. The van der Waals surface area contributed by atoms with Gasteiger partial charge in [-0.2, -0.15) is 4.99 Å². The molecular weight excluding hydrogens is 534 g/mol. The second kappa shape index (κ2) is 10.9. The number of carbonyl (C=O) groups excluding carboxylic acids is 1. The first kappa shape index (κ1) is 26.4. The third-order valence-electron chi connectivity index (χ3n) is 5.76. The van der Waals surface area contributed by atoms with Gasteiger partial charge in [-0.05, 0) is 30.3 Å². The largest absolute Gasteiger partial charge is 0.478 e. The van der Waals surface area contributed by atoms with E-state index in [1.807, 2.05) is 0 Å². The highest BCUT2D eigenvalue weighted by atomic mass is 16.5. The lowest BCUT2D eigenvalue weighted by Gasteiger charge is -2.28. The van der Waals surface area contributed by atoms with Crippen LogP contribution < -0.4 is 36.9 Å². The average molecular weight is 558 g/mol. The van der Waals surface area contributed by atoms with E-state index in [4.69, 9.17) is 31.8 Å². The van der Waals surface area contributed by atoms with Crippen LogP contribution in [0.2, 0.25) is 0 Å². The van der Waals surface area contributed by atoms with Gasteiger partial charge in [0, 0.05) is 18.2 Å². The van der Waals surface area contributed by atoms with Crippen LogP contribution in [0.1, 0.15) is 21.6 Å². The third kappa shape index (κ3) is 5.80. The Morgan fingerprint density at radius 1 is 1.10 bits per heavy atom. The molecule has 0 fully saturated rings. The second-order valence-electron chi connectivity index (χ2n) is 8.63. The Kier molecular flexibility index (Phi) is 7.02. The molecule has 0 spiro atoms. The molecule has 1 unspecified atom stereocenters. The highest BCUT2D eigenvalue weighted by Crippen LogP contribution is 2.27. The molecule has 16 nitrogen and oxygen atoms in total. The molecule has 5 rings (SSSR count). The molecule has 0 radical (unpaired) electrons. The number of carboxylic acids is 1. The summed E-state index contributed by atoms with van der Waals surface area (Å²) in [6, 6.07) is 9.63. The number of aromatic nitrogens is 2. The summed E-state index contributed by atoms with van der Waals surface area (Å²) >= 11 is 0. The normalized spacial score (nSPS) is 15.9. The number of imidazole rings is 1. The van der Waals surface area contributed by atoms with Crippen molar-refractivity contribution in [2.75, 3.05) is 5.32 Å². The fraction of sp³-hybridized carbons (Fsp3) is 0.0800. The SMILES string of the molecule is N=C(N)Nc1ccccc1OC1=NC(Oc2ccc(C(=N)N)c(C(=O)O)c2)=C2NC(=O)C(Cc3c[nH]cn3)N=C2N1. The zero-order chi connectivity index (χ0) is 29.1. The maximum absolute atomic E-state index is 12.9. The number of amidine groups is 3. The van der Waals surface area contributed by atoms with E-state index in [1.54, 1.807) is 30.5 Å². The Bertz CT molecular complexity index is 1660. The lowest BCUT2D eigenvalue weighted by atomic mass is 10.1. The van der Waals surface area contributed by atoms with Crippen LogP contribution in [0.15, 0.2) is 76.6 Å². The smallest absolute Gasteiger partial charge is 0.336 e. The number of aromatic amines is 1. The van der Waals surface area contributed by atoms with E-state index in [0.29, 0.717) is 11.4 Å². The maximum atomic E-state index is 12.9. The monoisotopic (exact) mass is 557 g/mol. The number of nitrogens with zero attached hydrogens (tertiary/aromatic N) is 3. The molecule has 208 valence electrons. The number of carbonyl (C=O) groups is 2. The van der Waals surface area contributed by atoms with Gasteiger partial charge in [0.2, 0.25) is 5.91 Å². The van der Waals surface area contributed by atoms with Gasteiger partial charge >= 0.3 is 12.0 Å². The number of guanidine groups is 1. The number of carboxylic acid groups (broad SMARTS) is 1. The van der Waals surface area contributed by atoms with Crippen molar-refractivity contribution in [2.24, 2.45) is 21.5 Å². The molecule has 0 aliphatic carbocycles. The maximum Gasteiger partial charge on any atom is 0.336 e. The number of para-hydroxylation sites is 2. The minimum Gasteiger partial charge on any atom is -0.478 e. The summed E-state index contributed by atoms with van der Waals surface area (Å²) in [5.74, 6) is -2.21. The quantitative estimate of drug-likeness (QED) is 0.136. The van der Waals surface area contributed by atoms with E-state index in [2.05, 4.69) is 35.9 Å². The van der Waals surface area contributed by atoms with Gasteiger partial charge in [0.1, 0.15) is 23.3 Å². The van der Waals surface area contributed by atoms with Gasteiger partial charge < -0.3 is 41.7 Å². The summed E-state index contributed by atoms with van der Waals surface area (Å²) in [4.78, 5) is 40.6. The minimum absolute atomic E-state index is 0.00402. The summed E-state index contributed by atoms with van der Waals surface area (Å²) < 4.78 is 11.9. The van der Waals surface area contributed by atoms with Crippen molar-refractivity contribution in [1.29, 1.82) is 10.8 Å². The molecule has 3 heterocycles. The molecule has 2 aliphatic rings. The van der Waals surface area contributed by atoms with E-state index in [1.165, 1.54) is 24.5 Å². The van der Waals surface area contributed by atoms with Gasteiger partial charge in [-0.15, -0.1) is 0 Å². The van der Waals surface area contributed by atoms with Crippen molar-refractivity contribution >= 4 is 41.2 Å². The van der Waals surface area contributed by atoms with Crippen LogP contribution in [-0.2, 0) is 11.2 Å². The van der Waals surface area contributed by atoms with Crippen molar-refractivity contribution in [2.45, 2.75) is 12.5 Å². The number of rotatable bonds is 8. The molecule has 1 aromatic heterocycles. The van der Waals surface area contributed by atoms with Crippen LogP contribution in [0.25, 0.3) is 0 Å². The zero-order valence-electron chi connectivity index (χ0n) is 21.1. The number of hydrogen-bond acceptors (Lipinski definition) is 10. The van der Waals surface area contributed by atoms with Gasteiger partial charge in [0.15, 0.2) is 17.5 Å². The Labute approximate surface area is 231 Å². The summed E-state index contributed by atoms with van der Waals surface area (Å²) in [7, 11) is 0. The number of ether oxygens (including phenoxy) is 2. The van der Waals surface area contributed by atoms with Crippen molar-refractivity contribution in [1.82, 2.24) is 20.6 Å². The molecule has 41 heavy (non-hydrogen) atoms. The van der Waals surface area contributed by atoms with E-state index in [9.17, 15) is 14.7 Å². The predicted molar refractivity (Wildman–Crippen MR) is 147 cm³/mol. The summed E-state index contributed by atoms with van der Waals surface area (Å²) in [5, 5.41) is 33.1. The summed E-state index contributed by atoms with van der Waals surface area (Å²) in [5.41, 5.74) is 11.8. The molecule has 1 amide bonds. The first-order valence-electron chi connectivity index (χ1n) is 11.9. The Hall–Kier alpha value is -6.19. The number of H-pyrrole nitrogens is 1. The number of anilines is 1. The molecule has 1 atom stereocenters. The Balaban J connectivity index is 1.54. The standard InChI is InChI=1S/C25H23N11O5/c26-19(27)13-6-5-12(8-14(13)23(38)39)40-22-18-20(32-16(21(37)34-18)7-11-9-30-10-31-11)35-25(36-22)41-17-4-2-1-3-15(17)33-24(28)29/h1-6,8-10,16H,7H2,(H3,26,27)(H,30,31)(H,34,37)(H,38,39)(H4,28,29,33)(H,32,35,36). The average Bonchev–Trinajstić information content (AvgIpc) is 3.43. The van der Waals surface area contributed by atoms with Crippen LogP contribution in [0.4, 0.5) is 5.69 Å². The topological polar surface area (TPSA) is 262 Å². The third-order valence-corrected chi connectivity index (χ3v) is 5.76. The molecule has 0 saturated carbocycles. The van der Waals surface area contributed by atoms with Crippen LogP contribution in [0.3, 0.4) is 0 Å². The number of fused-ring (bicyclic) bond motifs is 1. The Morgan fingerprint density at radius 2 is 1.90 bits per heavy atom. The van der Waals surface area contributed by atoms with E-state index >= 15 is 0 Å². The van der Waals surface area contributed by atoms with Crippen molar-refractivity contribution < 1.29 is 24.2 Å². The van der Waals surface area contributed by atoms with Crippen molar-refractivity contribution in [3.8, 4) is 11.5 Å². The van der Waals surface area contributed by atoms with Gasteiger partial charge in [-0.3, -0.25) is 25.9 Å². The number of aliphatic imine (C=N–C) groups is 2. The number of amides is 1. The lowest BCUT2D eigenvalue weighted by molar-refractivity contribution is -0.121. The van der Waals surface area contributed by atoms with Gasteiger partial charge in [-0.25, -0.2) is 9.78 Å². The van der Waals surface area contributed by atoms with Crippen molar-refractivity contribution in [3.63, 3.8) is 0 Å². The molecule has 0 bridgehead atoms. The first-order chi connectivity index (χ1) is 19.7. The summed E-state index contributed by atoms with van der Waals surface area (Å²) in [6.07, 6.45) is 3.35. The van der Waals surface area contributed by atoms with E-state index in [-0.39, 0.29) is 58.4 Å². The fourth-order valence-corrected chi connectivity index (χ4v) is 3.95. The number of nitrogens with two attached hydrogens (primary N) is 2. The molecule has 16 heteroatoms. The molecule has 2 aromatic carbocycles.